The largest absolute Gasteiger partial charge is 0.480 e. The molecule has 2 atom stereocenters. The molecule has 0 radical (unpaired) electrons. The molecule has 92 valence electrons. The van der Waals surface area contributed by atoms with E-state index in [0.717, 1.165) is 0 Å². The molecule has 0 fully saturated rings. The fourth-order valence-corrected chi connectivity index (χ4v) is 1.09. The van der Waals surface area contributed by atoms with Crippen LogP contribution in [0.3, 0.4) is 0 Å². The Morgan fingerprint density at radius 2 is 1.81 bits per heavy atom. The van der Waals surface area contributed by atoms with Crippen LogP contribution in [0.2, 0.25) is 0 Å². The van der Waals surface area contributed by atoms with Gasteiger partial charge >= 0.3 is 11.9 Å². The van der Waals surface area contributed by atoms with Crippen LogP contribution >= 0.6 is 0 Å². The highest BCUT2D eigenvalue weighted by molar-refractivity contribution is 5.87. The molecule has 0 aliphatic carbocycles. The van der Waals surface area contributed by atoms with E-state index in [-0.39, 0.29) is 0 Å². The lowest BCUT2D eigenvalue weighted by molar-refractivity contribution is -0.143. The Hall–Kier alpha value is -1.63. The summed E-state index contributed by atoms with van der Waals surface area (Å²) in [4.78, 5) is 32.3. The lowest BCUT2D eigenvalue weighted by atomic mass is 10.1. The number of hydrogen-bond donors (Lipinski definition) is 4. The lowest BCUT2D eigenvalue weighted by Gasteiger charge is -2.14. The van der Waals surface area contributed by atoms with Crippen LogP contribution in [0.4, 0.5) is 0 Å². The fraction of sp³-hybridized carbons (Fsp3) is 0.667. The van der Waals surface area contributed by atoms with Gasteiger partial charge in [0.2, 0.25) is 5.91 Å². The van der Waals surface area contributed by atoms with Crippen molar-refractivity contribution in [2.24, 2.45) is 5.73 Å². The summed E-state index contributed by atoms with van der Waals surface area (Å²) in [5, 5.41) is 19.4. The van der Waals surface area contributed by atoms with Crippen molar-refractivity contribution in [1.82, 2.24) is 5.32 Å². The summed E-state index contributed by atoms with van der Waals surface area (Å²) in [6.45, 7) is 1.78. The van der Waals surface area contributed by atoms with Crippen molar-refractivity contribution in [2.45, 2.75) is 38.3 Å². The monoisotopic (exact) mass is 232 g/mol. The molecule has 16 heavy (non-hydrogen) atoms. The topological polar surface area (TPSA) is 130 Å². The van der Waals surface area contributed by atoms with Gasteiger partial charge in [0, 0.05) is 0 Å². The molecule has 7 heteroatoms. The molecular formula is C9H16N2O5. The Morgan fingerprint density at radius 3 is 2.19 bits per heavy atom. The number of carbonyl (C=O) groups is 3. The van der Waals surface area contributed by atoms with E-state index >= 15 is 0 Å². The Kier molecular flexibility index (Phi) is 6.09. The number of carboxylic acids is 2. The predicted molar refractivity (Wildman–Crippen MR) is 54.7 cm³/mol. The van der Waals surface area contributed by atoms with Gasteiger partial charge in [-0.15, -0.1) is 0 Å². The summed E-state index contributed by atoms with van der Waals surface area (Å²) in [5.74, 6) is -3.10. The first-order valence-electron chi connectivity index (χ1n) is 4.89. The molecule has 0 spiro atoms. The van der Waals surface area contributed by atoms with Crippen molar-refractivity contribution < 1.29 is 24.6 Å². The normalized spacial score (nSPS) is 13.9. The van der Waals surface area contributed by atoms with Gasteiger partial charge in [-0.1, -0.05) is 13.3 Å². The highest BCUT2D eigenvalue weighted by atomic mass is 16.4. The third kappa shape index (κ3) is 5.30. The molecule has 0 aliphatic rings. The first-order valence-corrected chi connectivity index (χ1v) is 4.89. The van der Waals surface area contributed by atoms with E-state index < -0.39 is 36.4 Å². The van der Waals surface area contributed by atoms with Crippen molar-refractivity contribution >= 4 is 17.8 Å². The van der Waals surface area contributed by atoms with Gasteiger partial charge in [-0.05, 0) is 6.42 Å². The first-order chi connectivity index (χ1) is 7.38. The minimum absolute atomic E-state index is 0.295. The second-order valence-electron chi connectivity index (χ2n) is 3.40. The Bertz CT molecular complexity index is 279. The molecule has 7 nitrogen and oxygen atoms in total. The highest BCUT2D eigenvalue weighted by Gasteiger charge is 2.22. The van der Waals surface area contributed by atoms with Gasteiger partial charge in [-0.3, -0.25) is 9.59 Å². The van der Waals surface area contributed by atoms with E-state index in [2.05, 4.69) is 5.32 Å². The Labute approximate surface area is 92.6 Å². The summed E-state index contributed by atoms with van der Waals surface area (Å²) in [6, 6.07) is -2.30. The zero-order valence-electron chi connectivity index (χ0n) is 8.97. The van der Waals surface area contributed by atoms with Gasteiger partial charge in [0.25, 0.3) is 0 Å². The van der Waals surface area contributed by atoms with Crippen LogP contribution in [0.5, 0.6) is 0 Å². The molecule has 0 aromatic rings. The molecule has 1 amide bonds. The maximum atomic E-state index is 11.2. The van der Waals surface area contributed by atoms with Crippen molar-refractivity contribution in [1.29, 1.82) is 0 Å². The third-order valence-corrected chi connectivity index (χ3v) is 1.93. The smallest absolute Gasteiger partial charge is 0.326 e. The lowest BCUT2D eigenvalue weighted by Crippen LogP contribution is -2.44. The second kappa shape index (κ2) is 6.78. The molecule has 0 aliphatic heterocycles. The first kappa shape index (κ1) is 14.4. The van der Waals surface area contributed by atoms with Crippen LogP contribution in [0.1, 0.15) is 26.2 Å². The summed E-state index contributed by atoms with van der Waals surface area (Å²) in [7, 11) is 0. The van der Waals surface area contributed by atoms with E-state index in [4.69, 9.17) is 15.9 Å². The number of nitrogens with two attached hydrogens (primary N) is 1. The minimum atomic E-state index is -1.31. The molecule has 0 heterocycles. The van der Waals surface area contributed by atoms with Crippen LogP contribution in [0.15, 0.2) is 0 Å². The SMILES string of the molecule is CCCC(NC(=O)C[C@H](N)C(=O)O)C(=O)O. The van der Waals surface area contributed by atoms with E-state index in [1.54, 1.807) is 6.92 Å². The number of amides is 1. The van der Waals surface area contributed by atoms with Crippen LogP contribution < -0.4 is 11.1 Å². The highest BCUT2D eigenvalue weighted by Crippen LogP contribution is 1.98. The second-order valence-corrected chi connectivity index (χ2v) is 3.40. The number of nitrogens with one attached hydrogen (secondary N) is 1. The van der Waals surface area contributed by atoms with Crippen molar-refractivity contribution in [3.8, 4) is 0 Å². The maximum absolute atomic E-state index is 11.2. The average molecular weight is 232 g/mol. The summed E-state index contributed by atoms with van der Waals surface area (Å²) >= 11 is 0. The molecule has 0 rings (SSSR count). The standard InChI is InChI=1S/C9H16N2O5/c1-2-3-6(9(15)16)11-7(12)4-5(10)8(13)14/h5-6H,2-4,10H2,1H3,(H,11,12)(H,13,14)(H,15,16)/t5-,6?/m0/s1. The Balaban J connectivity index is 4.19. The molecule has 0 saturated heterocycles. The third-order valence-electron chi connectivity index (χ3n) is 1.93. The average Bonchev–Trinajstić information content (AvgIpc) is 2.16. The number of hydrogen-bond acceptors (Lipinski definition) is 4. The quantitative estimate of drug-likeness (QED) is 0.452. The van der Waals surface area contributed by atoms with Gasteiger partial charge < -0.3 is 21.3 Å². The summed E-state index contributed by atoms with van der Waals surface area (Å²) in [6.07, 6.45) is 0.467. The van der Waals surface area contributed by atoms with Crippen molar-refractivity contribution in [2.75, 3.05) is 0 Å². The van der Waals surface area contributed by atoms with Gasteiger partial charge in [-0.25, -0.2) is 4.79 Å². The molecule has 0 bridgehead atoms. The molecular weight excluding hydrogens is 216 g/mol. The fourth-order valence-electron chi connectivity index (χ4n) is 1.09. The van der Waals surface area contributed by atoms with Crippen LogP contribution in [-0.4, -0.2) is 40.1 Å². The van der Waals surface area contributed by atoms with Gasteiger partial charge in [0.1, 0.15) is 12.1 Å². The molecule has 0 aromatic heterocycles. The predicted octanol–water partition coefficient (Wildman–Crippen LogP) is -0.842. The van der Waals surface area contributed by atoms with Gasteiger partial charge in [-0.2, -0.15) is 0 Å². The number of carboxylic acid groups (broad SMARTS) is 2. The molecule has 0 saturated carbocycles. The van der Waals surface area contributed by atoms with E-state index in [1.165, 1.54) is 0 Å². The Morgan fingerprint density at radius 1 is 1.25 bits per heavy atom. The van der Waals surface area contributed by atoms with Crippen molar-refractivity contribution in [3.05, 3.63) is 0 Å². The van der Waals surface area contributed by atoms with Crippen LogP contribution in [-0.2, 0) is 14.4 Å². The number of carbonyl (C=O) groups excluding carboxylic acids is 1. The zero-order chi connectivity index (χ0) is 12.7. The van der Waals surface area contributed by atoms with E-state index in [9.17, 15) is 14.4 Å². The van der Waals surface area contributed by atoms with E-state index in [0.29, 0.717) is 12.8 Å². The molecule has 5 N–H and O–H groups in total. The van der Waals surface area contributed by atoms with Crippen LogP contribution in [0, 0.1) is 0 Å². The van der Waals surface area contributed by atoms with Crippen molar-refractivity contribution in [3.63, 3.8) is 0 Å². The zero-order valence-corrected chi connectivity index (χ0v) is 8.97. The summed E-state index contributed by atoms with van der Waals surface area (Å²) < 4.78 is 0. The maximum Gasteiger partial charge on any atom is 0.326 e. The molecule has 0 aromatic carbocycles. The number of rotatable bonds is 7. The van der Waals surface area contributed by atoms with Gasteiger partial charge in [0.15, 0.2) is 0 Å². The molecule has 1 unspecified atom stereocenters. The summed E-state index contributed by atoms with van der Waals surface area (Å²) in [5.41, 5.74) is 5.14. The van der Waals surface area contributed by atoms with Gasteiger partial charge in [0.05, 0.1) is 6.42 Å². The van der Waals surface area contributed by atoms with Crippen LogP contribution in [0.25, 0.3) is 0 Å². The van der Waals surface area contributed by atoms with E-state index in [1.807, 2.05) is 0 Å². The number of aliphatic carboxylic acids is 2. The minimum Gasteiger partial charge on any atom is -0.480 e.